The number of hydrogen-bond donors (Lipinski definition) is 1. The normalized spacial score (nSPS) is 21.8. The Morgan fingerprint density at radius 3 is 2.80 bits per heavy atom. The monoisotopic (exact) mass is 244 g/mol. The summed E-state index contributed by atoms with van der Waals surface area (Å²) in [6.07, 6.45) is 0. The van der Waals surface area contributed by atoms with Crippen LogP contribution in [0, 0.1) is 0 Å². The zero-order valence-corrected chi connectivity index (χ0v) is 10.1. The number of rotatable bonds is 1. The maximum atomic E-state index is 6.01. The third kappa shape index (κ3) is 2.39. The molecule has 2 nitrogen and oxygen atoms in total. The molecule has 0 spiro atoms. The van der Waals surface area contributed by atoms with Gasteiger partial charge in [-0.25, -0.2) is 0 Å². The van der Waals surface area contributed by atoms with E-state index in [4.69, 9.17) is 23.2 Å². The van der Waals surface area contributed by atoms with Crippen LogP contribution < -0.4 is 10.2 Å². The van der Waals surface area contributed by atoms with E-state index < -0.39 is 0 Å². The summed E-state index contributed by atoms with van der Waals surface area (Å²) in [4.78, 5) is 2.35. The van der Waals surface area contributed by atoms with E-state index in [1.54, 1.807) is 0 Å². The molecule has 1 N–H and O–H groups in total. The highest BCUT2D eigenvalue weighted by molar-refractivity contribution is 6.42. The fourth-order valence-corrected chi connectivity index (χ4v) is 2.18. The van der Waals surface area contributed by atoms with Crippen molar-refractivity contribution in [3.63, 3.8) is 0 Å². The van der Waals surface area contributed by atoms with Gasteiger partial charge in [0.15, 0.2) is 0 Å². The molecule has 0 radical (unpaired) electrons. The molecule has 0 bridgehead atoms. The van der Waals surface area contributed by atoms with Crippen LogP contribution >= 0.6 is 23.2 Å². The predicted octanol–water partition coefficient (Wildman–Crippen LogP) is 2.79. The molecule has 1 aliphatic rings. The minimum Gasteiger partial charge on any atom is -0.366 e. The SMILES string of the molecule is CC1CNCCN1c1ccc(Cl)c(Cl)c1. The second-order valence-electron chi connectivity index (χ2n) is 3.84. The van der Waals surface area contributed by atoms with Gasteiger partial charge in [-0.05, 0) is 25.1 Å². The largest absolute Gasteiger partial charge is 0.366 e. The molecular weight excluding hydrogens is 231 g/mol. The van der Waals surface area contributed by atoms with Crippen molar-refractivity contribution in [1.29, 1.82) is 0 Å². The zero-order valence-electron chi connectivity index (χ0n) is 8.63. The lowest BCUT2D eigenvalue weighted by Crippen LogP contribution is -2.49. The van der Waals surface area contributed by atoms with Crippen molar-refractivity contribution >= 4 is 28.9 Å². The highest BCUT2D eigenvalue weighted by atomic mass is 35.5. The lowest BCUT2D eigenvalue weighted by molar-refractivity contribution is 0.501. The van der Waals surface area contributed by atoms with Crippen molar-refractivity contribution in [3.05, 3.63) is 28.2 Å². The lowest BCUT2D eigenvalue weighted by Gasteiger charge is -2.36. The van der Waals surface area contributed by atoms with Crippen LogP contribution in [0.2, 0.25) is 10.0 Å². The first-order chi connectivity index (χ1) is 7.18. The fourth-order valence-electron chi connectivity index (χ4n) is 1.89. The number of piperazine rings is 1. The van der Waals surface area contributed by atoms with Gasteiger partial charge in [0, 0.05) is 31.4 Å². The first kappa shape index (κ1) is 11.1. The van der Waals surface area contributed by atoms with Crippen LogP contribution in [0.25, 0.3) is 0 Å². The van der Waals surface area contributed by atoms with Crippen molar-refractivity contribution in [3.8, 4) is 0 Å². The molecule has 1 fully saturated rings. The Morgan fingerprint density at radius 1 is 1.33 bits per heavy atom. The van der Waals surface area contributed by atoms with Gasteiger partial charge in [-0.15, -0.1) is 0 Å². The maximum absolute atomic E-state index is 6.01. The van der Waals surface area contributed by atoms with Crippen LogP contribution in [0.15, 0.2) is 18.2 Å². The summed E-state index contributed by atoms with van der Waals surface area (Å²) < 4.78 is 0. The minimum absolute atomic E-state index is 0.496. The number of hydrogen-bond acceptors (Lipinski definition) is 2. The molecule has 15 heavy (non-hydrogen) atoms. The van der Waals surface area contributed by atoms with Crippen LogP contribution in [0.4, 0.5) is 5.69 Å². The summed E-state index contributed by atoms with van der Waals surface area (Å²) in [5, 5.41) is 4.60. The second kappa shape index (κ2) is 4.60. The van der Waals surface area contributed by atoms with E-state index in [0.717, 1.165) is 25.3 Å². The Morgan fingerprint density at radius 2 is 2.13 bits per heavy atom. The fraction of sp³-hybridized carbons (Fsp3) is 0.455. The van der Waals surface area contributed by atoms with E-state index in [1.165, 1.54) is 0 Å². The molecule has 1 aliphatic heterocycles. The first-order valence-corrected chi connectivity index (χ1v) is 5.86. The van der Waals surface area contributed by atoms with Gasteiger partial charge in [-0.1, -0.05) is 23.2 Å². The third-order valence-corrected chi connectivity index (χ3v) is 3.48. The minimum atomic E-state index is 0.496. The quantitative estimate of drug-likeness (QED) is 0.818. The van der Waals surface area contributed by atoms with Gasteiger partial charge >= 0.3 is 0 Å². The summed E-state index contributed by atoms with van der Waals surface area (Å²) in [7, 11) is 0. The highest BCUT2D eigenvalue weighted by Crippen LogP contribution is 2.28. The molecule has 0 aromatic heterocycles. The third-order valence-electron chi connectivity index (χ3n) is 2.74. The molecular formula is C11H14Cl2N2. The summed E-state index contributed by atoms with van der Waals surface area (Å²) in [6, 6.07) is 6.31. The van der Waals surface area contributed by atoms with Gasteiger partial charge in [-0.3, -0.25) is 0 Å². The number of nitrogens with zero attached hydrogens (tertiary/aromatic N) is 1. The summed E-state index contributed by atoms with van der Waals surface area (Å²) in [5.41, 5.74) is 1.15. The smallest absolute Gasteiger partial charge is 0.0612 e. The second-order valence-corrected chi connectivity index (χ2v) is 4.66. The van der Waals surface area contributed by atoms with E-state index in [-0.39, 0.29) is 0 Å². The van der Waals surface area contributed by atoms with Crippen molar-refractivity contribution in [1.82, 2.24) is 5.32 Å². The average Bonchev–Trinajstić information content (AvgIpc) is 2.23. The van der Waals surface area contributed by atoms with Crippen LogP contribution in [-0.2, 0) is 0 Å². The van der Waals surface area contributed by atoms with Gasteiger partial charge in [0.2, 0.25) is 0 Å². The maximum Gasteiger partial charge on any atom is 0.0612 e. The van der Waals surface area contributed by atoms with Crippen LogP contribution in [-0.4, -0.2) is 25.7 Å². The van der Waals surface area contributed by atoms with Gasteiger partial charge in [0.05, 0.1) is 10.0 Å². The highest BCUT2D eigenvalue weighted by Gasteiger charge is 2.18. The van der Waals surface area contributed by atoms with E-state index in [0.29, 0.717) is 16.1 Å². The van der Waals surface area contributed by atoms with E-state index in [9.17, 15) is 0 Å². The molecule has 1 unspecified atom stereocenters. The predicted molar refractivity (Wildman–Crippen MR) is 66.1 cm³/mol. The summed E-state index contributed by atoms with van der Waals surface area (Å²) in [6.45, 7) is 5.25. The van der Waals surface area contributed by atoms with Crippen LogP contribution in [0.1, 0.15) is 6.92 Å². The molecule has 0 saturated carbocycles. The van der Waals surface area contributed by atoms with E-state index in [1.807, 2.05) is 18.2 Å². The Balaban J connectivity index is 2.24. The molecule has 1 heterocycles. The van der Waals surface area contributed by atoms with E-state index in [2.05, 4.69) is 17.1 Å². The van der Waals surface area contributed by atoms with E-state index >= 15 is 0 Å². The molecule has 4 heteroatoms. The Labute approximate surface area is 100 Å². The molecule has 1 saturated heterocycles. The van der Waals surface area contributed by atoms with Gasteiger partial charge in [0.1, 0.15) is 0 Å². The standard InChI is InChI=1S/C11H14Cl2N2/c1-8-7-14-4-5-15(8)9-2-3-10(12)11(13)6-9/h2-3,6,8,14H,4-5,7H2,1H3. The molecule has 82 valence electrons. The van der Waals surface area contributed by atoms with Gasteiger partial charge in [-0.2, -0.15) is 0 Å². The molecule has 1 aromatic rings. The number of anilines is 1. The Kier molecular flexibility index (Phi) is 3.39. The van der Waals surface area contributed by atoms with Gasteiger partial charge in [0.25, 0.3) is 0 Å². The Hall–Kier alpha value is -0.440. The number of benzene rings is 1. The molecule has 0 aliphatic carbocycles. The summed E-state index contributed by atoms with van der Waals surface area (Å²) >= 11 is 11.9. The molecule has 2 rings (SSSR count). The topological polar surface area (TPSA) is 15.3 Å². The average molecular weight is 245 g/mol. The van der Waals surface area contributed by atoms with Crippen molar-refractivity contribution in [2.24, 2.45) is 0 Å². The molecule has 0 amide bonds. The van der Waals surface area contributed by atoms with Crippen LogP contribution in [0.3, 0.4) is 0 Å². The number of halogens is 2. The zero-order chi connectivity index (χ0) is 10.8. The van der Waals surface area contributed by atoms with Crippen LogP contribution in [0.5, 0.6) is 0 Å². The summed E-state index contributed by atoms with van der Waals surface area (Å²) in [5.74, 6) is 0. The lowest BCUT2D eigenvalue weighted by atomic mass is 10.2. The first-order valence-electron chi connectivity index (χ1n) is 5.11. The molecule has 1 aromatic carbocycles. The molecule has 1 atom stereocenters. The Bertz CT molecular complexity index is 354. The van der Waals surface area contributed by atoms with Crippen molar-refractivity contribution < 1.29 is 0 Å². The van der Waals surface area contributed by atoms with Crippen molar-refractivity contribution in [2.75, 3.05) is 24.5 Å². The van der Waals surface area contributed by atoms with Crippen molar-refractivity contribution in [2.45, 2.75) is 13.0 Å². The number of nitrogens with one attached hydrogen (secondary N) is 1. The van der Waals surface area contributed by atoms with Gasteiger partial charge < -0.3 is 10.2 Å².